The van der Waals surface area contributed by atoms with E-state index in [0.29, 0.717) is 16.2 Å². The van der Waals surface area contributed by atoms with Crippen molar-refractivity contribution in [2.45, 2.75) is 64.8 Å². The van der Waals surface area contributed by atoms with Crippen molar-refractivity contribution < 1.29 is 22.7 Å². The number of nitrogens with zero attached hydrogens (tertiary/aromatic N) is 1. The lowest BCUT2D eigenvalue weighted by molar-refractivity contribution is -0.139. The second-order valence-electron chi connectivity index (χ2n) is 11.0. The summed E-state index contributed by atoms with van der Waals surface area (Å²) in [5.41, 5.74) is 5.73. The van der Waals surface area contributed by atoms with Crippen LogP contribution in [0.25, 0.3) is 4.91 Å². The summed E-state index contributed by atoms with van der Waals surface area (Å²) in [7, 11) is -3.86. The number of halogens is 1. The maximum absolute atomic E-state index is 13.9. The number of hydrogen-bond acceptors (Lipinski definition) is 6. The van der Waals surface area contributed by atoms with Gasteiger partial charge in [-0.1, -0.05) is 54.1 Å². The van der Waals surface area contributed by atoms with Crippen LogP contribution >= 0.6 is 11.6 Å². The molecule has 2 atom stereocenters. The van der Waals surface area contributed by atoms with Gasteiger partial charge < -0.3 is 20.7 Å². The van der Waals surface area contributed by atoms with E-state index in [9.17, 15) is 18.0 Å². The molecule has 1 aliphatic heterocycles. The van der Waals surface area contributed by atoms with Crippen LogP contribution in [0.15, 0.2) is 60.2 Å². The first-order valence-electron chi connectivity index (χ1n) is 13.2. The molecule has 0 radical (unpaired) electrons. The smallest absolute Gasteiger partial charge is 0.247 e. The predicted molar refractivity (Wildman–Crippen MR) is 158 cm³/mol. The number of ether oxygens (including phenoxy) is 1. The lowest BCUT2D eigenvalue weighted by atomic mass is 9.92. The van der Waals surface area contributed by atoms with Gasteiger partial charge in [-0.15, -0.1) is 0 Å². The van der Waals surface area contributed by atoms with Gasteiger partial charge >= 0.3 is 0 Å². The van der Waals surface area contributed by atoms with Crippen LogP contribution in [0.5, 0.6) is 0 Å². The molecule has 2 amide bonds. The van der Waals surface area contributed by atoms with E-state index in [1.54, 1.807) is 58.9 Å². The number of likely N-dealkylation sites (N-methyl/N-ethyl adjacent to an activating group) is 1. The van der Waals surface area contributed by atoms with E-state index in [4.69, 9.17) is 22.1 Å². The van der Waals surface area contributed by atoms with Gasteiger partial charge in [0.05, 0.1) is 28.7 Å². The van der Waals surface area contributed by atoms with E-state index in [1.165, 1.54) is 4.90 Å². The molecule has 0 aromatic heterocycles. The standard InChI is InChI=1S/C29H39ClN4O5S/c1-7-34(17-23-25(21-13-15-22(30)16-14-21)40(37,38)33-29(23,5)6)26(35)24(32-27(36)28(3,4)31)18-39-19(2)20-11-9-8-10-12-20/h8-16,19,24,33H,7,17-18,31H2,1-6H3,(H,32,36)/t19?,24-/m1/s1. The Morgan fingerprint density at radius 1 is 1.12 bits per heavy atom. The number of benzene rings is 2. The van der Waals surface area contributed by atoms with Crippen molar-refractivity contribution in [1.82, 2.24) is 14.9 Å². The zero-order valence-electron chi connectivity index (χ0n) is 23.8. The third-order valence-electron chi connectivity index (χ3n) is 6.81. The first kappa shape index (κ1) is 31.8. The van der Waals surface area contributed by atoms with Gasteiger partial charge in [0.15, 0.2) is 0 Å². The highest BCUT2D eigenvalue weighted by atomic mass is 35.5. The van der Waals surface area contributed by atoms with Gasteiger partial charge in [-0.3, -0.25) is 9.59 Å². The summed E-state index contributed by atoms with van der Waals surface area (Å²) in [6.45, 7) is 10.4. The van der Waals surface area contributed by atoms with Crippen LogP contribution in [0.4, 0.5) is 0 Å². The molecule has 0 saturated heterocycles. The van der Waals surface area contributed by atoms with Gasteiger partial charge in [-0.05, 0) is 70.4 Å². The second-order valence-corrected chi connectivity index (χ2v) is 13.1. The summed E-state index contributed by atoms with van der Waals surface area (Å²) >= 11 is 6.04. The molecule has 0 spiro atoms. The molecule has 0 fully saturated rings. The molecule has 11 heteroatoms. The Hall–Kier alpha value is -2.76. The Morgan fingerprint density at radius 2 is 1.73 bits per heavy atom. The topological polar surface area (TPSA) is 131 Å². The van der Waals surface area contributed by atoms with Crippen molar-refractivity contribution in [3.8, 4) is 0 Å². The number of nitrogens with two attached hydrogens (primary N) is 1. The van der Waals surface area contributed by atoms with E-state index in [-0.39, 0.29) is 30.7 Å². The van der Waals surface area contributed by atoms with Gasteiger partial charge in [-0.25, -0.2) is 13.1 Å². The van der Waals surface area contributed by atoms with Gasteiger partial charge in [-0.2, -0.15) is 0 Å². The molecular weight excluding hydrogens is 552 g/mol. The summed E-state index contributed by atoms with van der Waals surface area (Å²) in [6, 6.07) is 15.0. The summed E-state index contributed by atoms with van der Waals surface area (Å²) in [5.74, 6) is -0.923. The first-order chi connectivity index (χ1) is 18.6. The molecule has 2 aromatic carbocycles. The van der Waals surface area contributed by atoms with Crippen molar-refractivity contribution in [1.29, 1.82) is 0 Å². The molecule has 1 aliphatic rings. The number of carbonyl (C=O) groups is 2. The summed E-state index contributed by atoms with van der Waals surface area (Å²) in [5, 5.41) is 3.22. The lowest BCUT2D eigenvalue weighted by Gasteiger charge is -2.32. The molecule has 2 aromatic rings. The molecule has 0 saturated carbocycles. The van der Waals surface area contributed by atoms with Crippen LogP contribution in [-0.4, -0.2) is 61.9 Å². The fourth-order valence-corrected chi connectivity index (χ4v) is 6.54. The van der Waals surface area contributed by atoms with Crippen LogP contribution in [-0.2, 0) is 24.3 Å². The maximum Gasteiger partial charge on any atom is 0.247 e. The molecule has 40 heavy (non-hydrogen) atoms. The average Bonchev–Trinajstić information content (AvgIpc) is 3.07. The number of nitrogens with one attached hydrogen (secondary N) is 2. The second kappa shape index (κ2) is 12.4. The van der Waals surface area contributed by atoms with Gasteiger partial charge in [0.25, 0.3) is 0 Å². The zero-order chi connectivity index (χ0) is 29.9. The number of sulfonamides is 1. The van der Waals surface area contributed by atoms with Crippen LogP contribution in [0.1, 0.15) is 58.8 Å². The average molecular weight is 591 g/mol. The number of hydrogen-bond donors (Lipinski definition) is 3. The van der Waals surface area contributed by atoms with Crippen molar-refractivity contribution in [3.63, 3.8) is 0 Å². The van der Waals surface area contributed by atoms with Gasteiger partial charge in [0.2, 0.25) is 21.8 Å². The third-order valence-corrected chi connectivity index (χ3v) is 8.86. The third kappa shape index (κ3) is 7.50. The Kier molecular flexibility index (Phi) is 9.85. The molecule has 9 nitrogen and oxygen atoms in total. The quantitative estimate of drug-likeness (QED) is 0.366. The highest BCUT2D eigenvalue weighted by Gasteiger charge is 2.44. The molecule has 1 unspecified atom stereocenters. The summed E-state index contributed by atoms with van der Waals surface area (Å²) < 4.78 is 35.2. The van der Waals surface area contributed by atoms with Crippen molar-refractivity contribution in [2.75, 3.05) is 19.7 Å². The molecule has 4 N–H and O–H groups in total. The Bertz CT molecular complexity index is 1350. The van der Waals surface area contributed by atoms with Crippen LogP contribution < -0.4 is 15.8 Å². The number of carbonyl (C=O) groups excluding carboxylic acids is 2. The van der Waals surface area contributed by atoms with Crippen LogP contribution in [0.3, 0.4) is 0 Å². The number of amides is 2. The Balaban J connectivity index is 1.95. The highest BCUT2D eigenvalue weighted by Crippen LogP contribution is 2.38. The summed E-state index contributed by atoms with van der Waals surface area (Å²) in [4.78, 5) is 28.4. The predicted octanol–water partition coefficient (Wildman–Crippen LogP) is 3.61. The highest BCUT2D eigenvalue weighted by molar-refractivity contribution is 7.99. The first-order valence-corrected chi connectivity index (χ1v) is 15.0. The molecule has 0 aliphatic carbocycles. The fourth-order valence-electron chi connectivity index (χ4n) is 4.43. The largest absolute Gasteiger partial charge is 0.371 e. The Morgan fingerprint density at radius 3 is 2.27 bits per heavy atom. The van der Waals surface area contributed by atoms with Gasteiger partial charge in [0, 0.05) is 18.1 Å². The zero-order valence-corrected chi connectivity index (χ0v) is 25.4. The molecular formula is C29H39ClN4O5S. The van der Waals surface area contributed by atoms with Gasteiger partial charge in [0.1, 0.15) is 6.04 Å². The minimum absolute atomic E-state index is 0.0130. The van der Waals surface area contributed by atoms with E-state index >= 15 is 0 Å². The van der Waals surface area contributed by atoms with Crippen LogP contribution in [0, 0.1) is 0 Å². The van der Waals surface area contributed by atoms with E-state index in [2.05, 4.69) is 10.0 Å². The van der Waals surface area contributed by atoms with Crippen molar-refractivity contribution in [3.05, 3.63) is 76.3 Å². The molecule has 0 bridgehead atoms. The lowest BCUT2D eigenvalue weighted by Crippen LogP contribution is -2.58. The Labute approximate surface area is 242 Å². The van der Waals surface area contributed by atoms with E-state index in [1.807, 2.05) is 37.3 Å². The minimum atomic E-state index is -3.86. The van der Waals surface area contributed by atoms with Crippen LogP contribution in [0.2, 0.25) is 5.02 Å². The monoisotopic (exact) mass is 590 g/mol. The maximum atomic E-state index is 13.9. The van der Waals surface area contributed by atoms with Crippen molar-refractivity contribution in [2.24, 2.45) is 5.73 Å². The summed E-state index contributed by atoms with van der Waals surface area (Å²) in [6.07, 6.45) is -0.336. The van der Waals surface area contributed by atoms with E-state index in [0.717, 1.165) is 5.56 Å². The minimum Gasteiger partial charge on any atom is -0.371 e. The molecule has 218 valence electrons. The fraction of sp³-hybridized carbons (Fsp3) is 0.448. The normalized spacial score (nSPS) is 17.8. The number of rotatable bonds is 11. The SMILES string of the molecule is CCN(CC1=C(c2ccc(Cl)cc2)S(=O)(=O)NC1(C)C)C(=O)[C@@H](COC(C)c1ccccc1)NC(=O)C(C)(C)N. The molecule has 1 heterocycles. The van der Waals surface area contributed by atoms with Crippen molar-refractivity contribution >= 4 is 38.3 Å². The molecule has 3 rings (SSSR count). The van der Waals surface area contributed by atoms with E-state index < -0.39 is 39.0 Å².